The molecule has 5 rings (SSSR count). The molecule has 0 radical (unpaired) electrons. The van der Waals surface area contributed by atoms with Gasteiger partial charge in [0.25, 0.3) is 0 Å². The Balaban J connectivity index is 1.69. The maximum Gasteiger partial charge on any atom is 0.232 e. The fraction of sp³-hybridized carbons (Fsp3) is 0.200. The topological polar surface area (TPSA) is 37.4 Å². The van der Waals surface area contributed by atoms with Gasteiger partial charge in [-0.05, 0) is 53.4 Å². The number of anilines is 1. The lowest BCUT2D eigenvalue weighted by Gasteiger charge is -2.38. The van der Waals surface area contributed by atoms with Gasteiger partial charge in [0.2, 0.25) is 5.91 Å². The molecule has 5 heteroatoms. The van der Waals surface area contributed by atoms with Crippen LogP contribution >= 0.6 is 23.2 Å². The normalized spacial score (nSPS) is 19.4. The highest BCUT2D eigenvalue weighted by Crippen LogP contribution is 2.47. The number of carbonyl (C=O) groups excluding carboxylic acids is 2. The number of benzene rings is 3. The van der Waals surface area contributed by atoms with E-state index in [1.54, 1.807) is 23.1 Å². The van der Waals surface area contributed by atoms with Gasteiger partial charge in [0.15, 0.2) is 5.78 Å². The molecule has 1 unspecified atom stereocenters. The standard InChI is InChI=1S/C25H19Cl2NO2/c26-19-7-3-8-20(27)24(19)18-14-23(30)28(21-9-4-10-22(29)25(18)21)17-12-11-15-5-1-2-6-16(15)13-17/h1-3,5-8,11-13,18H,4,9-10,14H2. The molecule has 30 heavy (non-hydrogen) atoms. The molecule has 1 aliphatic heterocycles. The van der Waals surface area contributed by atoms with Crippen LogP contribution in [-0.2, 0) is 9.59 Å². The average molecular weight is 436 g/mol. The Morgan fingerprint density at radius 1 is 0.833 bits per heavy atom. The highest BCUT2D eigenvalue weighted by atomic mass is 35.5. The first-order chi connectivity index (χ1) is 14.5. The number of Topliss-reactive ketones (excluding diaryl/α,β-unsaturated/α-hetero) is 1. The van der Waals surface area contributed by atoms with Crippen molar-refractivity contribution in [2.24, 2.45) is 0 Å². The van der Waals surface area contributed by atoms with Gasteiger partial charge in [-0.2, -0.15) is 0 Å². The number of fused-ring (bicyclic) bond motifs is 1. The van der Waals surface area contributed by atoms with Crippen molar-refractivity contribution >= 4 is 51.4 Å². The van der Waals surface area contributed by atoms with E-state index in [2.05, 4.69) is 0 Å². The number of nitrogens with zero attached hydrogens (tertiary/aromatic N) is 1. The summed E-state index contributed by atoms with van der Waals surface area (Å²) in [6.45, 7) is 0. The number of hydrogen-bond donors (Lipinski definition) is 0. The summed E-state index contributed by atoms with van der Waals surface area (Å²) in [4.78, 5) is 28.2. The molecule has 0 spiro atoms. The molecular weight excluding hydrogens is 417 g/mol. The zero-order valence-electron chi connectivity index (χ0n) is 16.2. The van der Waals surface area contributed by atoms with E-state index in [4.69, 9.17) is 23.2 Å². The summed E-state index contributed by atoms with van der Waals surface area (Å²) in [7, 11) is 0. The molecule has 3 aromatic rings. The van der Waals surface area contributed by atoms with Gasteiger partial charge in [-0.1, -0.05) is 59.6 Å². The van der Waals surface area contributed by atoms with Gasteiger partial charge in [0, 0.05) is 45.8 Å². The zero-order chi connectivity index (χ0) is 20.8. The van der Waals surface area contributed by atoms with Gasteiger partial charge in [-0.3, -0.25) is 14.5 Å². The van der Waals surface area contributed by atoms with Gasteiger partial charge in [0.1, 0.15) is 0 Å². The Morgan fingerprint density at radius 3 is 2.33 bits per heavy atom. The van der Waals surface area contributed by atoms with Crippen LogP contribution in [0, 0.1) is 0 Å². The molecule has 0 saturated carbocycles. The number of rotatable bonds is 2. The molecule has 3 nitrogen and oxygen atoms in total. The third-order valence-corrected chi connectivity index (χ3v) is 6.67. The molecule has 150 valence electrons. The Kier molecular flexibility index (Phi) is 4.88. The van der Waals surface area contributed by atoms with Crippen LogP contribution in [0.15, 0.2) is 71.9 Å². The van der Waals surface area contributed by atoms with Crippen LogP contribution in [0.5, 0.6) is 0 Å². The minimum absolute atomic E-state index is 0.0419. The molecule has 1 amide bonds. The third kappa shape index (κ3) is 3.13. The van der Waals surface area contributed by atoms with Crippen LogP contribution in [0.2, 0.25) is 10.0 Å². The quantitative estimate of drug-likeness (QED) is 0.450. The number of carbonyl (C=O) groups is 2. The van der Waals surface area contributed by atoms with Crippen LogP contribution in [0.3, 0.4) is 0 Å². The lowest BCUT2D eigenvalue weighted by Crippen LogP contribution is -2.40. The first-order valence-corrected chi connectivity index (χ1v) is 10.8. The maximum absolute atomic E-state index is 13.4. The first-order valence-electron chi connectivity index (χ1n) is 10.1. The van der Waals surface area contributed by atoms with Crippen molar-refractivity contribution in [3.8, 4) is 0 Å². The number of allylic oxidation sites excluding steroid dienone is 2. The molecule has 1 heterocycles. The van der Waals surface area contributed by atoms with Crippen LogP contribution in [0.25, 0.3) is 10.8 Å². The molecule has 0 N–H and O–H groups in total. The second-order valence-corrected chi connectivity index (χ2v) is 8.60. The van der Waals surface area contributed by atoms with E-state index in [0.717, 1.165) is 28.6 Å². The second-order valence-electron chi connectivity index (χ2n) is 7.79. The number of ketones is 1. The monoisotopic (exact) mass is 435 g/mol. The van der Waals surface area contributed by atoms with E-state index in [-0.39, 0.29) is 18.1 Å². The number of halogens is 2. The van der Waals surface area contributed by atoms with E-state index in [1.165, 1.54) is 0 Å². The summed E-state index contributed by atoms with van der Waals surface area (Å²) in [5, 5.41) is 3.15. The molecule has 1 aliphatic carbocycles. The van der Waals surface area contributed by atoms with E-state index in [0.29, 0.717) is 34.0 Å². The molecule has 0 fully saturated rings. The Labute approximate surface area is 184 Å². The fourth-order valence-electron chi connectivity index (χ4n) is 4.70. The van der Waals surface area contributed by atoms with E-state index >= 15 is 0 Å². The lowest BCUT2D eigenvalue weighted by molar-refractivity contribution is -0.119. The summed E-state index contributed by atoms with van der Waals surface area (Å²) in [5.74, 6) is -0.367. The predicted molar refractivity (Wildman–Crippen MR) is 121 cm³/mol. The van der Waals surface area contributed by atoms with E-state index in [9.17, 15) is 9.59 Å². The van der Waals surface area contributed by atoms with Crippen molar-refractivity contribution in [1.29, 1.82) is 0 Å². The van der Waals surface area contributed by atoms with Gasteiger partial charge >= 0.3 is 0 Å². The largest absolute Gasteiger partial charge is 0.294 e. The SMILES string of the molecule is O=C1CCCC2=C1C(c1c(Cl)cccc1Cl)CC(=O)N2c1ccc2ccccc2c1. The highest BCUT2D eigenvalue weighted by Gasteiger charge is 2.41. The Morgan fingerprint density at radius 2 is 1.57 bits per heavy atom. The van der Waals surface area contributed by atoms with Crippen molar-refractivity contribution < 1.29 is 9.59 Å². The van der Waals surface area contributed by atoms with Crippen molar-refractivity contribution in [2.45, 2.75) is 31.6 Å². The maximum atomic E-state index is 13.4. The van der Waals surface area contributed by atoms with Crippen LogP contribution < -0.4 is 4.90 Å². The number of amides is 1. The Bertz CT molecular complexity index is 1210. The molecule has 0 bridgehead atoms. The third-order valence-electron chi connectivity index (χ3n) is 6.01. The summed E-state index contributed by atoms with van der Waals surface area (Å²) in [6.07, 6.45) is 2.06. The van der Waals surface area contributed by atoms with Gasteiger partial charge in [-0.15, -0.1) is 0 Å². The predicted octanol–water partition coefficient (Wildman–Crippen LogP) is 6.67. The first kappa shape index (κ1) is 19.3. The molecule has 1 atom stereocenters. The van der Waals surface area contributed by atoms with Crippen molar-refractivity contribution in [2.75, 3.05) is 4.90 Å². The summed E-state index contributed by atoms with van der Waals surface area (Å²) >= 11 is 12.9. The Hall–Kier alpha value is -2.62. The van der Waals surface area contributed by atoms with Crippen LogP contribution in [0.1, 0.15) is 37.2 Å². The molecule has 2 aliphatic rings. The summed E-state index contributed by atoms with van der Waals surface area (Å²) in [5.41, 5.74) is 2.95. The van der Waals surface area contributed by atoms with Crippen LogP contribution in [-0.4, -0.2) is 11.7 Å². The smallest absolute Gasteiger partial charge is 0.232 e. The number of hydrogen-bond acceptors (Lipinski definition) is 2. The van der Waals surface area contributed by atoms with Crippen LogP contribution in [0.4, 0.5) is 5.69 Å². The molecule has 0 saturated heterocycles. The summed E-state index contributed by atoms with van der Waals surface area (Å²) in [6, 6.07) is 19.3. The molecule has 0 aromatic heterocycles. The van der Waals surface area contributed by atoms with E-state index in [1.807, 2.05) is 42.5 Å². The lowest BCUT2D eigenvalue weighted by atomic mass is 9.77. The molecule has 3 aromatic carbocycles. The summed E-state index contributed by atoms with van der Waals surface area (Å²) < 4.78 is 0. The average Bonchev–Trinajstić information content (AvgIpc) is 2.73. The van der Waals surface area contributed by atoms with Crippen molar-refractivity contribution in [3.63, 3.8) is 0 Å². The van der Waals surface area contributed by atoms with E-state index < -0.39 is 5.92 Å². The molecular formula is C25H19Cl2NO2. The van der Waals surface area contributed by atoms with Gasteiger partial charge < -0.3 is 0 Å². The minimum Gasteiger partial charge on any atom is -0.294 e. The highest BCUT2D eigenvalue weighted by molar-refractivity contribution is 6.36. The minimum atomic E-state index is -0.404. The van der Waals surface area contributed by atoms with Gasteiger partial charge in [0.05, 0.1) is 0 Å². The van der Waals surface area contributed by atoms with Crippen molar-refractivity contribution in [3.05, 3.63) is 87.5 Å². The fourth-order valence-corrected chi connectivity index (χ4v) is 5.36. The van der Waals surface area contributed by atoms with Crippen molar-refractivity contribution in [1.82, 2.24) is 0 Å². The second kappa shape index (κ2) is 7.57. The van der Waals surface area contributed by atoms with Gasteiger partial charge in [-0.25, -0.2) is 0 Å². The zero-order valence-corrected chi connectivity index (χ0v) is 17.7.